The van der Waals surface area contributed by atoms with Gasteiger partial charge in [-0.15, -0.1) is 0 Å². The van der Waals surface area contributed by atoms with Crippen molar-refractivity contribution in [2.24, 2.45) is 4.99 Å². The Hall–Kier alpha value is -1.16. The summed E-state index contributed by atoms with van der Waals surface area (Å²) in [5.74, 6) is 2.22. The standard InChI is InChI=1S/C15H23N3S/c1-3-16-15(17-10-6-12-19-2)18-11-9-13-7-4-5-8-14(13)18/h4-5,7-8H,3,6,9-12H2,1-2H3,(H,16,17). The lowest BCUT2D eigenvalue weighted by Gasteiger charge is -2.22. The molecule has 0 atom stereocenters. The fourth-order valence-corrected chi connectivity index (χ4v) is 2.76. The van der Waals surface area contributed by atoms with Crippen LogP contribution in [-0.2, 0) is 6.42 Å². The summed E-state index contributed by atoms with van der Waals surface area (Å²) in [5, 5.41) is 3.41. The van der Waals surface area contributed by atoms with Crippen molar-refractivity contribution in [3.05, 3.63) is 29.8 Å². The number of para-hydroxylation sites is 1. The van der Waals surface area contributed by atoms with Gasteiger partial charge in [0.25, 0.3) is 0 Å². The summed E-state index contributed by atoms with van der Waals surface area (Å²) in [5.41, 5.74) is 2.74. The Kier molecular flexibility index (Phi) is 5.58. The predicted molar refractivity (Wildman–Crippen MR) is 86.5 cm³/mol. The molecule has 0 saturated heterocycles. The summed E-state index contributed by atoms with van der Waals surface area (Å²) in [4.78, 5) is 7.07. The second kappa shape index (κ2) is 7.43. The Morgan fingerprint density at radius 3 is 3.05 bits per heavy atom. The lowest BCUT2D eigenvalue weighted by molar-refractivity contribution is 0.865. The lowest BCUT2D eigenvalue weighted by Crippen LogP contribution is -2.40. The van der Waals surface area contributed by atoms with Gasteiger partial charge >= 0.3 is 0 Å². The number of anilines is 1. The highest BCUT2D eigenvalue weighted by Crippen LogP contribution is 2.27. The molecule has 0 amide bonds. The predicted octanol–water partition coefficient (Wildman–Crippen LogP) is 2.77. The van der Waals surface area contributed by atoms with Crippen LogP contribution in [0.1, 0.15) is 18.9 Å². The van der Waals surface area contributed by atoms with Crippen LogP contribution in [-0.4, -0.2) is 37.6 Å². The molecule has 1 N–H and O–H groups in total. The van der Waals surface area contributed by atoms with Crippen molar-refractivity contribution >= 4 is 23.4 Å². The van der Waals surface area contributed by atoms with Crippen LogP contribution in [0.5, 0.6) is 0 Å². The van der Waals surface area contributed by atoms with Gasteiger partial charge in [0.2, 0.25) is 0 Å². The van der Waals surface area contributed by atoms with E-state index in [9.17, 15) is 0 Å². The Morgan fingerprint density at radius 1 is 1.42 bits per heavy atom. The Labute approximate surface area is 120 Å². The SMILES string of the molecule is CCNC(=NCCCSC)N1CCc2ccccc21. The molecule has 3 nitrogen and oxygen atoms in total. The summed E-state index contributed by atoms with van der Waals surface area (Å²) < 4.78 is 0. The minimum Gasteiger partial charge on any atom is -0.356 e. The van der Waals surface area contributed by atoms with E-state index in [1.165, 1.54) is 17.0 Å². The molecule has 0 saturated carbocycles. The van der Waals surface area contributed by atoms with Crippen LogP contribution in [0.4, 0.5) is 5.69 Å². The summed E-state index contributed by atoms with van der Waals surface area (Å²) >= 11 is 1.88. The molecule has 2 rings (SSSR count). The maximum Gasteiger partial charge on any atom is 0.198 e. The van der Waals surface area contributed by atoms with Gasteiger partial charge in [-0.1, -0.05) is 18.2 Å². The first-order valence-electron chi connectivity index (χ1n) is 6.99. The average molecular weight is 277 g/mol. The molecule has 1 heterocycles. The molecular formula is C15H23N3S. The number of guanidine groups is 1. The Balaban J connectivity index is 2.07. The third-order valence-corrected chi connectivity index (χ3v) is 3.94. The number of nitrogens with zero attached hydrogens (tertiary/aromatic N) is 2. The van der Waals surface area contributed by atoms with Gasteiger partial charge in [-0.2, -0.15) is 11.8 Å². The molecule has 0 bridgehead atoms. The monoisotopic (exact) mass is 277 g/mol. The average Bonchev–Trinajstić information content (AvgIpc) is 2.86. The maximum absolute atomic E-state index is 4.75. The van der Waals surface area contributed by atoms with Gasteiger partial charge in [-0.3, -0.25) is 4.99 Å². The molecule has 1 aliphatic rings. The largest absolute Gasteiger partial charge is 0.356 e. The number of hydrogen-bond donors (Lipinski definition) is 1. The van der Waals surface area contributed by atoms with E-state index in [-0.39, 0.29) is 0 Å². The van der Waals surface area contributed by atoms with Gasteiger partial charge in [-0.25, -0.2) is 0 Å². The summed E-state index contributed by atoms with van der Waals surface area (Å²) in [6, 6.07) is 8.63. The van der Waals surface area contributed by atoms with Crippen LogP contribution >= 0.6 is 11.8 Å². The second-order valence-corrected chi connectivity index (χ2v) is 5.60. The zero-order valence-corrected chi connectivity index (χ0v) is 12.7. The molecular weight excluding hydrogens is 254 g/mol. The molecule has 19 heavy (non-hydrogen) atoms. The fraction of sp³-hybridized carbons (Fsp3) is 0.533. The molecule has 4 heteroatoms. The van der Waals surface area contributed by atoms with Crippen molar-refractivity contribution < 1.29 is 0 Å². The van der Waals surface area contributed by atoms with Crippen molar-refractivity contribution in [3.63, 3.8) is 0 Å². The van der Waals surface area contributed by atoms with E-state index < -0.39 is 0 Å². The molecule has 104 valence electrons. The number of fused-ring (bicyclic) bond motifs is 1. The van der Waals surface area contributed by atoms with Crippen molar-refractivity contribution in [1.82, 2.24) is 5.32 Å². The molecule has 1 aromatic carbocycles. The van der Waals surface area contributed by atoms with Gasteiger partial charge in [0.05, 0.1) is 0 Å². The molecule has 0 aromatic heterocycles. The molecule has 0 fully saturated rings. The first-order valence-corrected chi connectivity index (χ1v) is 8.39. The van der Waals surface area contributed by atoms with Crippen LogP contribution in [0.15, 0.2) is 29.3 Å². The van der Waals surface area contributed by atoms with Crippen LogP contribution in [0.2, 0.25) is 0 Å². The van der Waals surface area contributed by atoms with Crippen LogP contribution in [0.3, 0.4) is 0 Å². The topological polar surface area (TPSA) is 27.6 Å². The maximum atomic E-state index is 4.75. The van der Waals surface area contributed by atoms with Gasteiger partial charge in [-0.05, 0) is 43.4 Å². The number of aliphatic imine (C=N–C) groups is 1. The lowest BCUT2D eigenvalue weighted by atomic mass is 10.2. The zero-order chi connectivity index (χ0) is 13.5. The van der Waals surface area contributed by atoms with Gasteiger partial charge in [0.1, 0.15) is 0 Å². The van der Waals surface area contributed by atoms with Crippen molar-refractivity contribution in [1.29, 1.82) is 0 Å². The van der Waals surface area contributed by atoms with Gasteiger partial charge < -0.3 is 10.2 Å². The van der Waals surface area contributed by atoms with Gasteiger partial charge in [0, 0.05) is 25.3 Å². The van der Waals surface area contributed by atoms with E-state index in [0.717, 1.165) is 38.4 Å². The summed E-state index contributed by atoms with van der Waals surface area (Å²) in [7, 11) is 0. The van der Waals surface area contributed by atoms with Crippen molar-refractivity contribution in [3.8, 4) is 0 Å². The molecule has 0 aliphatic carbocycles. The number of hydrogen-bond acceptors (Lipinski definition) is 2. The highest BCUT2D eigenvalue weighted by atomic mass is 32.2. The highest BCUT2D eigenvalue weighted by Gasteiger charge is 2.21. The minimum absolute atomic E-state index is 0.905. The van der Waals surface area contributed by atoms with Gasteiger partial charge in [0.15, 0.2) is 5.96 Å². The van der Waals surface area contributed by atoms with Crippen molar-refractivity contribution in [2.75, 3.05) is 36.5 Å². The van der Waals surface area contributed by atoms with Crippen LogP contribution < -0.4 is 10.2 Å². The minimum atomic E-state index is 0.905. The van der Waals surface area contributed by atoms with E-state index in [1.54, 1.807) is 0 Å². The number of rotatable bonds is 5. The molecule has 0 radical (unpaired) electrons. The van der Waals surface area contributed by atoms with E-state index in [0.29, 0.717) is 0 Å². The Bertz CT molecular complexity index is 431. The third kappa shape index (κ3) is 3.66. The second-order valence-electron chi connectivity index (χ2n) is 4.61. The number of benzene rings is 1. The van der Waals surface area contributed by atoms with E-state index >= 15 is 0 Å². The summed E-state index contributed by atoms with van der Waals surface area (Å²) in [6.45, 7) is 4.98. The zero-order valence-electron chi connectivity index (χ0n) is 11.9. The highest BCUT2D eigenvalue weighted by molar-refractivity contribution is 7.98. The normalized spacial score (nSPS) is 14.6. The quantitative estimate of drug-likeness (QED) is 0.509. The summed E-state index contributed by atoms with van der Waals surface area (Å²) in [6.07, 6.45) is 4.41. The van der Waals surface area contributed by atoms with E-state index in [2.05, 4.69) is 47.7 Å². The molecule has 1 aromatic rings. The first-order chi connectivity index (χ1) is 9.36. The van der Waals surface area contributed by atoms with Crippen LogP contribution in [0.25, 0.3) is 0 Å². The molecule has 0 unspecified atom stereocenters. The fourth-order valence-electron chi connectivity index (χ4n) is 2.35. The molecule has 1 aliphatic heterocycles. The van der Waals surface area contributed by atoms with E-state index in [1.807, 2.05) is 11.8 Å². The number of nitrogens with one attached hydrogen (secondary N) is 1. The Morgan fingerprint density at radius 2 is 2.26 bits per heavy atom. The number of thioether (sulfide) groups is 1. The third-order valence-electron chi connectivity index (χ3n) is 3.25. The smallest absolute Gasteiger partial charge is 0.198 e. The first kappa shape index (κ1) is 14.3. The van der Waals surface area contributed by atoms with Crippen molar-refractivity contribution in [2.45, 2.75) is 19.8 Å². The van der Waals surface area contributed by atoms with E-state index in [4.69, 9.17) is 4.99 Å². The van der Waals surface area contributed by atoms with Crippen LogP contribution in [0, 0.1) is 0 Å². The molecule has 0 spiro atoms.